The van der Waals surface area contributed by atoms with Crippen LogP contribution in [0.2, 0.25) is 5.02 Å². The average Bonchev–Trinajstić information content (AvgIpc) is 3.09. The van der Waals surface area contributed by atoms with Crippen LogP contribution < -0.4 is 4.90 Å². The Balaban J connectivity index is 1.98. The third-order valence-electron chi connectivity index (χ3n) is 3.44. The molecule has 0 aliphatic carbocycles. The highest BCUT2D eigenvalue weighted by Crippen LogP contribution is 2.25. The zero-order valence-corrected chi connectivity index (χ0v) is 12.9. The SMILES string of the molecule is O=C(c1ccco1)N(Cc1ccccc1O)c1ccc(Cl)cc1. The first kappa shape index (κ1) is 15.2. The molecule has 4 nitrogen and oxygen atoms in total. The van der Waals surface area contributed by atoms with E-state index in [4.69, 9.17) is 16.0 Å². The third-order valence-corrected chi connectivity index (χ3v) is 3.69. The van der Waals surface area contributed by atoms with E-state index in [1.807, 2.05) is 6.07 Å². The topological polar surface area (TPSA) is 53.7 Å². The quantitative estimate of drug-likeness (QED) is 0.768. The van der Waals surface area contributed by atoms with Crippen molar-refractivity contribution in [1.82, 2.24) is 0 Å². The van der Waals surface area contributed by atoms with E-state index in [-0.39, 0.29) is 24.0 Å². The van der Waals surface area contributed by atoms with Gasteiger partial charge in [0.2, 0.25) is 0 Å². The molecule has 3 rings (SSSR count). The number of amides is 1. The highest BCUT2D eigenvalue weighted by molar-refractivity contribution is 6.30. The molecule has 2 aromatic carbocycles. The van der Waals surface area contributed by atoms with Gasteiger partial charge < -0.3 is 14.4 Å². The van der Waals surface area contributed by atoms with Crippen LogP contribution >= 0.6 is 11.6 Å². The van der Waals surface area contributed by atoms with Crippen molar-refractivity contribution in [3.8, 4) is 5.75 Å². The number of phenolic OH excluding ortho intramolecular Hbond substituents is 1. The maximum absolute atomic E-state index is 12.7. The zero-order valence-electron chi connectivity index (χ0n) is 12.1. The Hall–Kier alpha value is -2.72. The lowest BCUT2D eigenvalue weighted by Crippen LogP contribution is -2.30. The summed E-state index contributed by atoms with van der Waals surface area (Å²) in [6, 6.07) is 17.1. The van der Waals surface area contributed by atoms with E-state index in [0.717, 1.165) is 0 Å². The Kier molecular flexibility index (Phi) is 4.35. The molecule has 0 spiro atoms. The third kappa shape index (κ3) is 3.38. The molecule has 0 aliphatic heterocycles. The van der Waals surface area contributed by atoms with Gasteiger partial charge in [0, 0.05) is 16.3 Å². The first-order chi connectivity index (χ1) is 11.1. The first-order valence-corrected chi connectivity index (χ1v) is 7.41. The summed E-state index contributed by atoms with van der Waals surface area (Å²) in [7, 11) is 0. The van der Waals surface area contributed by atoms with Crippen molar-refractivity contribution >= 4 is 23.2 Å². The van der Waals surface area contributed by atoms with Gasteiger partial charge in [-0.1, -0.05) is 29.8 Å². The molecule has 116 valence electrons. The van der Waals surface area contributed by atoms with Crippen LogP contribution in [0.3, 0.4) is 0 Å². The van der Waals surface area contributed by atoms with Gasteiger partial charge in [-0.3, -0.25) is 4.79 Å². The fourth-order valence-electron chi connectivity index (χ4n) is 2.25. The highest BCUT2D eigenvalue weighted by Gasteiger charge is 2.21. The van der Waals surface area contributed by atoms with Gasteiger partial charge in [0.15, 0.2) is 5.76 Å². The lowest BCUT2D eigenvalue weighted by molar-refractivity contribution is 0.0958. The number of rotatable bonds is 4. The molecular weight excluding hydrogens is 314 g/mol. The van der Waals surface area contributed by atoms with Gasteiger partial charge in [0.25, 0.3) is 5.91 Å². The molecule has 1 heterocycles. The van der Waals surface area contributed by atoms with Crippen LogP contribution in [0.25, 0.3) is 0 Å². The van der Waals surface area contributed by atoms with E-state index in [2.05, 4.69) is 0 Å². The average molecular weight is 328 g/mol. The van der Waals surface area contributed by atoms with E-state index < -0.39 is 0 Å². The number of halogens is 1. The number of furan rings is 1. The Morgan fingerprint density at radius 1 is 1.04 bits per heavy atom. The van der Waals surface area contributed by atoms with Gasteiger partial charge in [0.05, 0.1) is 12.8 Å². The van der Waals surface area contributed by atoms with Crippen LogP contribution in [0.5, 0.6) is 5.75 Å². The Morgan fingerprint density at radius 3 is 2.43 bits per heavy atom. The molecule has 1 amide bonds. The highest BCUT2D eigenvalue weighted by atomic mass is 35.5. The molecule has 0 unspecified atom stereocenters. The molecule has 0 bridgehead atoms. The Bertz CT molecular complexity index is 797. The van der Waals surface area contributed by atoms with Crippen molar-refractivity contribution in [1.29, 1.82) is 0 Å². The maximum atomic E-state index is 12.7. The van der Waals surface area contributed by atoms with Crippen LogP contribution in [0.1, 0.15) is 16.1 Å². The van der Waals surface area contributed by atoms with E-state index in [9.17, 15) is 9.90 Å². The van der Waals surface area contributed by atoms with Crippen molar-refractivity contribution < 1.29 is 14.3 Å². The molecule has 5 heteroatoms. The molecule has 0 atom stereocenters. The van der Waals surface area contributed by atoms with E-state index in [0.29, 0.717) is 16.3 Å². The molecule has 0 saturated carbocycles. The maximum Gasteiger partial charge on any atom is 0.294 e. The number of carbonyl (C=O) groups excluding carboxylic acids is 1. The largest absolute Gasteiger partial charge is 0.508 e. The van der Waals surface area contributed by atoms with Crippen molar-refractivity contribution in [2.45, 2.75) is 6.54 Å². The Morgan fingerprint density at radius 2 is 1.78 bits per heavy atom. The number of hydrogen-bond donors (Lipinski definition) is 1. The molecule has 0 fully saturated rings. The number of anilines is 1. The number of carbonyl (C=O) groups is 1. The van der Waals surface area contributed by atoms with Gasteiger partial charge >= 0.3 is 0 Å². The molecular formula is C18H14ClNO3. The second-order valence-electron chi connectivity index (χ2n) is 4.97. The predicted molar refractivity (Wildman–Crippen MR) is 88.8 cm³/mol. The number of nitrogens with zero attached hydrogens (tertiary/aromatic N) is 1. The van der Waals surface area contributed by atoms with Crippen molar-refractivity contribution in [3.05, 3.63) is 83.3 Å². The number of para-hydroxylation sites is 1. The number of hydrogen-bond acceptors (Lipinski definition) is 3. The summed E-state index contributed by atoms with van der Waals surface area (Å²) in [6.45, 7) is 0.216. The monoisotopic (exact) mass is 327 g/mol. The lowest BCUT2D eigenvalue weighted by Gasteiger charge is -2.22. The van der Waals surface area contributed by atoms with Crippen LogP contribution in [0.4, 0.5) is 5.69 Å². The van der Waals surface area contributed by atoms with Crippen LogP contribution in [-0.4, -0.2) is 11.0 Å². The van der Waals surface area contributed by atoms with Crippen LogP contribution in [0, 0.1) is 0 Å². The van der Waals surface area contributed by atoms with Gasteiger partial charge in [-0.05, 0) is 42.5 Å². The summed E-state index contributed by atoms with van der Waals surface area (Å²) in [5.74, 6) is 0.0784. The van der Waals surface area contributed by atoms with E-state index in [1.54, 1.807) is 54.6 Å². The van der Waals surface area contributed by atoms with Crippen molar-refractivity contribution in [2.75, 3.05) is 4.90 Å². The molecule has 23 heavy (non-hydrogen) atoms. The Labute approximate surface area is 138 Å². The number of aromatic hydroxyl groups is 1. The molecule has 3 aromatic rings. The normalized spacial score (nSPS) is 10.5. The molecule has 1 aromatic heterocycles. The standard InChI is InChI=1S/C18H14ClNO3/c19-14-7-9-15(10-8-14)20(18(22)17-6-3-11-23-17)12-13-4-1-2-5-16(13)21/h1-11,21H,12H2. The molecule has 0 saturated heterocycles. The number of benzene rings is 2. The van der Waals surface area contributed by atoms with Crippen molar-refractivity contribution in [2.24, 2.45) is 0 Å². The molecule has 1 N–H and O–H groups in total. The fourth-order valence-corrected chi connectivity index (χ4v) is 2.38. The summed E-state index contributed by atoms with van der Waals surface area (Å²) in [5, 5.41) is 10.6. The van der Waals surface area contributed by atoms with Gasteiger partial charge in [-0.2, -0.15) is 0 Å². The second kappa shape index (κ2) is 6.58. The molecule has 0 radical (unpaired) electrons. The number of phenols is 1. The summed E-state index contributed by atoms with van der Waals surface area (Å²) in [6.07, 6.45) is 1.45. The van der Waals surface area contributed by atoms with Crippen LogP contribution in [0.15, 0.2) is 71.3 Å². The van der Waals surface area contributed by atoms with Gasteiger partial charge in [0.1, 0.15) is 5.75 Å². The smallest absolute Gasteiger partial charge is 0.294 e. The predicted octanol–water partition coefficient (Wildman–Crippen LogP) is 4.49. The zero-order chi connectivity index (χ0) is 16.2. The second-order valence-corrected chi connectivity index (χ2v) is 5.41. The fraction of sp³-hybridized carbons (Fsp3) is 0.0556. The minimum absolute atomic E-state index is 0.138. The summed E-state index contributed by atoms with van der Waals surface area (Å²) >= 11 is 5.92. The van der Waals surface area contributed by atoms with E-state index in [1.165, 1.54) is 11.2 Å². The molecule has 0 aliphatic rings. The summed E-state index contributed by atoms with van der Waals surface area (Å²) in [4.78, 5) is 14.3. The summed E-state index contributed by atoms with van der Waals surface area (Å²) in [5.41, 5.74) is 1.31. The summed E-state index contributed by atoms with van der Waals surface area (Å²) < 4.78 is 5.21. The van der Waals surface area contributed by atoms with Crippen molar-refractivity contribution in [3.63, 3.8) is 0 Å². The van der Waals surface area contributed by atoms with Gasteiger partial charge in [-0.25, -0.2) is 0 Å². The van der Waals surface area contributed by atoms with Crippen LogP contribution in [-0.2, 0) is 6.54 Å². The van der Waals surface area contributed by atoms with E-state index >= 15 is 0 Å². The minimum Gasteiger partial charge on any atom is -0.508 e. The van der Waals surface area contributed by atoms with Gasteiger partial charge in [-0.15, -0.1) is 0 Å². The lowest BCUT2D eigenvalue weighted by atomic mass is 10.1. The first-order valence-electron chi connectivity index (χ1n) is 7.03. The minimum atomic E-state index is -0.291.